The van der Waals surface area contributed by atoms with E-state index in [1.165, 1.54) is 19.3 Å². The number of esters is 1. The Bertz CT molecular complexity index is 1190. The number of carbonyl (C=O) groups excluding carboxylic acids is 2. The van der Waals surface area contributed by atoms with Crippen molar-refractivity contribution in [3.63, 3.8) is 0 Å². The van der Waals surface area contributed by atoms with Gasteiger partial charge in [0.05, 0.1) is 11.9 Å². The maximum absolute atomic E-state index is 12.9. The van der Waals surface area contributed by atoms with E-state index in [-0.39, 0.29) is 35.4 Å². The molecule has 2 N–H and O–H groups in total. The van der Waals surface area contributed by atoms with Crippen LogP contribution >= 0.6 is 0 Å². The lowest BCUT2D eigenvalue weighted by atomic mass is 9.43. The van der Waals surface area contributed by atoms with E-state index < -0.39 is 22.7 Å². The van der Waals surface area contributed by atoms with Crippen molar-refractivity contribution >= 4 is 12.1 Å². The van der Waals surface area contributed by atoms with Crippen molar-refractivity contribution in [3.05, 3.63) is 34.4 Å². The molecule has 1 aliphatic heterocycles. The van der Waals surface area contributed by atoms with Gasteiger partial charge >= 0.3 is 17.7 Å². The van der Waals surface area contributed by atoms with E-state index in [4.69, 9.17) is 13.9 Å². The van der Waals surface area contributed by atoms with E-state index in [0.717, 1.165) is 76.6 Å². The molecule has 226 valence electrons. The van der Waals surface area contributed by atoms with E-state index in [0.29, 0.717) is 24.8 Å². The molecule has 5 aliphatic rings. The molecule has 9 nitrogen and oxygen atoms in total. The van der Waals surface area contributed by atoms with E-state index in [1.54, 1.807) is 6.07 Å². The molecular weight excluding hydrogens is 524 g/mol. The molecule has 0 bridgehead atoms. The van der Waals surface area contributed by atoms with Crippen LogP contribution < -0.4 is 10.9 Å². The van der Waals surface area contributed by atoms with E-state index in [1.807, 2.05) is 4.90 Å². The van der Waals surface area contributed by atoms with Gasteiger partial charge in [-0.2, -0.15) is 0 Å². The van der Waals surface area contributed by atoms with Crippen molar-refractivity contribution in [1.82, 2.24) is 10.2 Å². The zero-order chi connectivity index (χ0) is 29.0. The second-order valence-electron chi connectivity index (χ2n) is 14.0. The van der Waals surface area contributed by atoms with Crippen LogP contribution in [0.2, 0.25) is 0 Å². The van der Waals surface area contributed by atoms with Gasteiger partial charge in [-0.05, 0) is 92.7 Å². The Morgan fingerprint density at radius 1 is 1.05 bits per heavy atom. The SMILES string of the molecule is CC(=O)O[C@H]1C[C@]2(O)[C@@H]3CC[C@@H]4C[C@@H](OC(=O)N5CCCNCC5)CC[C@]4(C)[C@H]3CC[C@]2(C)[C@H]1c1ccc(=O)oc1. The van der Waals surface area contributed by atoms with Crippen molar-refractivity contribution in [1.29, 1.82) is 0 Å². The van der Waals surface area contributed by atoms with Crippen molar-refractivity contribution in [2.45, 2.75) is 102 Å². The Balaban J connectivity index is 1.21. The van der Waals surface area contributed by atoms with Crippen molar-refractivity contribution in [3.8, 4) is 0 Å². The van der Waals surface area contributed by atoms with Crippen LogP contribution in [-0.2, 0) is 14.3 Å². The van der Waals surface area contributed by atoms with Gasteiger partial charge in [-0.3, -0.25) is 4.79 Å². The third-order valence-corrected chi connectivity index (χ3v) is 12.1. The summed E-state index contributed by atoms with van der Waals surface area (Å²) in [7, 11) is 0. The maximum atomic E-state index is 12.9. The summed E-state index contributed by atoms with van der Waals surface area (Å²) in [6.07, 6.45) is 8.50. The summed E-state index contributed by atoms with van der Waals surface area (Å²) in [5, 5.41) is 16.1. The summed E-state index contributed by atoms with van der Waals surface area (Å²) < 4.78 is 17.2. The number of nitrogens with one attached hydrogen (secondary N) is 1. The quantitative estimate of drug-likeness (QED) is 0.519. The lowest BCUT2D eigenvalue weighted by Crippen LogP contribution is -2.62. The van der Waals surface area contributed by atoms with Crippen LogP contribution in [0, 0.1) is 28.6 Å². The summed E-state index contributed by atoms with van der Waals surface area (Å²) in [5.74, 6) is 0.262. The molecule has 6 rings (SSSR count). The first-order valence-electron chi connectivity index (χ1n) is 15.7. The van der Waals surface area contributed by atoms with Gasteiger partial charge in [0.1, 0.15) is 12.2 Å². The Kier molecular flexibility index (Phi) is 7.50. The van der Waals surface area contributed by atoms with Gasteiger partial charge in [-0.25, -0.2) is 9.59 Å². The molecular formula is C32H46N2O7. The fourth-order valence-electron chi connectivity index (χ4n) is 10.0. The molecule has 0 spiro atoms. The molecule has 1 amide bonds. The molecule has 1 saturated heterocycles. The third-order valence-electron chi connectivity index (χ3n) is 12.1. The molecule has 9 heteroatoms. The minimum atomic E-state index is -1.01. The number of rotatable bonds is 3. The number of nitrogens with zero attached hydrogens (tertiary/aromatic N) is 1. The van der Waals surface area contributed by atoms with Crippen LogP contribution in [0.3, 0.4) is 0 Å². The Hall–Kier alpha value is -2.39. The highest BCUT2D eigenvalue weighted by atomic mass is 16.6. The number of fused-ring (bicyclic) bond motifs is 5. The number of carbonyl (C=O) groups is 2. The van der Waals surface area contributed by atoms with Crippen molar-refractivity contribution in [2.75, 3.05) is 26.2 Å². The molecule has 1 aromatic heterocycles. The highest BCUT2D eigenvalue weighted by molar-refractivity contribution is 5.68. The smallest absolute Gasteiger partial charge is 0.410 e. The first kappa shape index (κ1) is 28.7. The zero-order valence-corrected chi connectivity index (χ0v) is 24.7. The first-order valence-corrected chi connectivity index (χ1v) is 15.7. The molecule has 41 heavy (non-hydrogen) atoms. The average molecular weight is 571 g/mol. The van der Waals surface area contributed by atoms with Gasteiger partial charge < -0.3 is 29.2 Å². The Morgan fingerprint density at radius 3 is 2.63 bits per heavy atom. The summed E-state index contributed by atoms with van der Waals surface area (Å²) in [6, 6.07) is 3.17. The largest absolute Gasteiger partial charge is 0.462 e. The average Bonchev–Trinajstić information content (AvgIpc) is 3.09. The standard InChI is InChI=1S/C32H46N2O7/c1-20(35)40-26-18-32(38)25-7-6-22-17-23(41-29(37)34-15-4-13-33-14-16-34)9-11-30(22,2)24(25)10-12-31(32,3)28(26)21-5-8-27(36)39-19-21/h5,8,19,22-26,28,33,38H,4,6-7,9-18H2,1-3H3/t22-,23+,24+,25-,26+,28+,30+,31-,32+/m1/s1. The maximum Gasteiger partial charge on any atom is 0.410 e. The van der Waals surface area contributed by atoms with Crippen LogP contribution in [0.25, 0.3) is 0 Å². The summed E-state index contributed by atoms with van der Waals surface area (Å²) in [4.78, 5) is 38.7. The second kappa shape index (κ2) is 10.7. The van der Waals surface area contributed by atoms with E-state index in [9.17, 15) is 19.5 Å². The Labute approximate surface area is 242 Å². The van der Waals surface area contributed by atoms with Gasteiger partial charge in [0.15, 0.2) is 0 Å². The van der Waals surface area contributed by atoms with Gasteiger partial charge in [0, 0.05) is 50.4 Å². The van der Waals surface area contributed by atoms with Gasteiger partial charge in [-0.15, -0.1) is 0 Å². The third kappa shape index (κ3) is 4.81. The molecule has 0 aromatic carbocycles. The van der Waals surface area contributed by atoms with Crippen LogP contribution in [0.15, 0.2) is 27.6 Å². The van der Waals surface area contributed by atoms with Crippen LogP contribution in [0.1, 0.15) is 90.0 Å². The lowest BCUT2D eigenvalue weighted by Gasteiger charge is -2.63. The van der Waals surface area contributed by atoms with Crippen LogP contribution in [0.5, 0.6) is 0 Å². The lowest BCUT2D eigenvalue weighted by molar-refractivity contribution is -0.205. The fourth-order valence-corrected chi connectivity index (χ4v) is 10.0. The van der Waals surface area contributed by atoms with Gasteiger partial charge in [0.25, 0.3) is 0 Å². The van der Waals surface area contributed by atoms with Gasteiger partial charge in [0.2, 0.25) is 0 Å². The van der Waals surface area contributed by atoms with Crippen molar-refractivity contribution < 1.29 is 28.6 Å². The fraction of sp³-hybridized carbons (Fsp3) is 0.781. The minimum Gasteiger partial charge on any atom is -0.462 e. The summed E-state index contributed by atoms with van der Waals surface area (Å²) in [5.41, 5.74) is -1.09. The molecule has 5 fully saturated rings. The number of hydrogen-bond donors (Lipinski definition) is 2. The van der Waals surface area contributed by atoms with Crippen LogP contribution in [0.4, 0.5) is 4.79 Å². The first-order chi connectivity index (χ1) is 19.5. The van der Waals surface area contributed by atoms with Crippen molar-refractivity contribution in [2.24, 2.45) is 28.6 Å². The monoisotopic (exact) mass is 570 g/mol. The number of ether oxygens (including phenoxy) is 2. The molecule has 2 heterocycles. The zero-order valence-electron chi connectivity index (χ0n) is 24.7. The Morgan fingerprint density at radius 2 is 1.88 bits per heavy atom. The highest BCUT2D eigenvalue weighted by Crippen LogP contribution is 2.71. The predicted molar refractivity (Wildman–Crippen MR) is 151 cm³/mol. The normalized spacial score (nSPS) is 42.3. The molecule has 0 radical (unpaired) electrons. The van der Waals surface area contributed by atoms with E-state index >= 15 is 0 Å². The molecule has 1 aromatic rings. The number of aliphatic hydroxyl groups is 1. The van der Waals surface area contributed by atoms with Gasteiger partial charge in [-0.1, -0.05) is 13.8 Å². The minimum absolute atomic E-state index is 0.0535. The second-order valence-corrected chi connectivity index (χ2v) is 14.0. The molecule has 0 unspecified atom stereocenters. The molecule has 4 aliphatic carbocycles. The predicted octanol–water partition coefficient (Wildman–Crippen LogP) is 4.22. The number of hydrogen-bond acceptors (Lipinski definition) is 8. The number of amides is 1. The molecule has 9 atom stereocenters. The molecule has 4 saturated carbocycles. The topological polar surface area (TPSA) is 118 Å². The van der Waals surface area contributed by atoms with Crippen LogP contribution in [-0.4, -0.2) is 66.1 Å². The summed E-state index contributed by atoms with van der Waals surface area (Å²) in [6.45, 7) is 9.14. The highest BCUT2D eigenvalue weighted by Gasteiger charge is 2.70. The van der Waals surface area contributed by atoms with E-state index in [2.05, 4.69) is 19.2 Å². The summed E-state index contributed by atoms with van der Waals surface area (Å²) >= 11 is 0.